The molecule has 11 nitrogen and oxygen atoms in total. The van der Waals surface area contributed by atoms with Crippen LogP contribution in [0.3, 0.4) is 0 Å². The van der Waals surface area contributed by atoms with Gasteiger partial charge in [-0.15, -0.1) is 11.8 Å². The summed E-state index contributed by atoms with van der Waals surface area (Å²) >= 11 is 1.45. The second kappa shape index (κ2) is 25.2. The molecule has 2 amide bonds. The molecule has 4 N–H and O–H groups in total. The zero-order valence-electron chi connectivity index (χ0n) is 28.5. The number of nitrogen functional groups attached to an aromatic ring is 1. The Bertz CT molecular complexity index is 1320. The minimum Gasteiger partial charge on any atom is -0.465 e. The second-order valence-electron chi connectivity index (χ2n) is 11.2. The van der Waals surface area contributed by atoms with Crippen molar-refractivity contribution < 1.29 is 19.4 Å². The molecule has 0 unspecified atom stereocenters. The maximum absolute atomic E-state index is 12.2. The number of carboxylic acid groups (broad SMARTS) is 1. The van der Waals surface area contributed by atoms with Gasteiger partial charge in [0.2, 0.25) is 5.91 Å². The van der Waals surface area contributed by atoms with Crippen molar-refractivity contribution in [3.63, 3.8) is 0 Å². The highest BCUT2D eigenvalue weighted by molar-refractivity contribution is 8.00. The molecule has 1 fully saturated rings. The lowest BCUT2D eigenvalue weighted by molar-refractivity contribution is -0.121. The van der Waals surface area contributed by atoms with Gasteiger partial charge in [0.25, 0.3) is 0 Å². The van der Waals surface area contributed by atoms with E-state index in [1.54, 1.807) is 0 Å². The van der Waals surface area contributed by atoms with Gasteiger partial charge in [0, 0.05) is 44.5 Å². The Hall–Kier alpha value is -3.87. The van der Waals surface area contributed by atoms with Crippen LogP contribution in [0.1, 0.15) is 64.5 Å². The molecule has 2 rings (SSSR count). The lowest BCUT2D eigenvalue weighted by Gasteiger charge is -2.25. The Balaban J connectivity index is 1.50. The van der Waals surface area contributed by atoms with E-state index in [2.05, 4.69) is 84.1 Å². The number of carbonyl (C=O) groups is 2. The van der Waals surface area contributed by atoms with Crippen molar-refractivity contribution in [3.05, 3.63) is 95.7 Å². The van der Waals surface area contributed by atoms with Crippen LogP contribution < -0.4 is 16.7 Å². The van der Waals surface area contributed by atoms with Crippen molar-refractivity contribution in [1.82, 2.24) is 24.7 Å². The number of thioether (sulfide) groups is 1. The first-order valence-corrected chi connectivity index (χ1v) is 17.8. The minimum atomic E-state index is -1.04. The lowest BCUT2D eigenvalue weighted by Crippen LogP contribution is -2.42. The van der Waals surface area contributed by atoms with Gasteiger partial charge >= 0.3 is 11.8 Å². The molecule has 0 bridgehead atoms. The summed E-state index contributed by atoms with van der Waals surface area (Å²) in [5.41, 5.74) is 4.65. The summed E-state index contributed by atoms with van der Waals surface area (Å²) in [6.45, 7) is 4.19. The third-order valence-electron chi connectivity index (χ3n) is 7.24. The number of aromatic nitrogens is 2. The van der Waals surface area contributed by atoms with Crippen LogP contribution in [-0.2, 0) is 9.53 Å². The van der Waals surface area contributed by atoms with Gasteiger partial charge < -0.3 is 30.7 Å². The Kier molecular flexibility index (Phi) is 21.1. The van der Waals surface area contributed by atoms with Crippen molar-refractivity contribution in [2.75, 3.05) is 51.3 Å². The molecule has 1 aliphatic heterocycles. The molecule has 0 saturated carbocycles. The summed E-state index contributed by atoms with van der Waals surface area (Å²) in [6.07, 6.45) is 32.8. The van der Waals surface area contributed by atoms with Crippen LogP contribution in [0.5, 0.6) is 0 Å². The van der Waals surface area contributed by atoms with Gasteiger partial charge in [-0.2, -0.15) is 4.98 Å². The summed E-state index contributed by atoms with van der Waals surface area (Å²) < 4.78 is 7.27. The van der Waals surface area contributed by atoms with Crippen LogP contribution >= 0.6 is 11.8 Å². The molecule has 0 aromatic carbocycles. The van der Waals surface area contributed by atoms with Crippen LogP contribution in [0.15, 0.2) is 90.0 Å². The van der Waals surface area contributed by atoms with Crippen molar-refractivity contribution in [2.24, 2.45) is 0 Å². The summed E-state index contributed by atoms with van der Waals surface area (Å²) in [5.74, 6) is 0.638. The van der Waals surface area contributed by atoms with Crippen LogP contribution in [-0.4, -0.2) is 87.4 Å². The fourth-order valence-electron chi connectivity index (χ4n) is 4.51. The van der Waals surface area contributed by atoms with E-state index in [-0.39, 0.29) is 24.8 Å². The smallest absolute Gasteiger partial charge is 0.407 e. The summed E-state index contributed by atoms with van der Waals surface area (Å²) in [5, 5.41) is 12.6. The zero-order valence-corrected chi connectivity index (χ0v) is 29.3. The predicted molar refractivity (Wildman–Crippen MR) is 197 cm³/mol. The van der Waals surface area contributed by atoms with Gasteiger partial charge in [0.1, 0.15) is 17.5 Å². The van der Waals surface area contributed by atoms with E-state index in [0.29, 0.717) is 38.2 Å². The minimum absolute atomic E-state index is 0.00420. The van der Waals surface area contributed by atoms with Crippen molar-refractivity contribution in [3.8, 4) is 0 Å². The van der Waals surface area contributed by atoms with Crippen LogP contribution in [0, 0.1) is 0 Å². The number of nitrogens with zero attached hydrogens (tertiary/aromatic N) is 4. The molecule has 0 radical (unpaired) electrons. The van der Waals surface area contributed by atoms with Crippen LogP contribution in [0.4, 0.5) is 10.6 Å². The number of anilines is 1. The van der Waals surface area contributed by atoms with Gasteiger partial charge in [0.15, 0.2) is 0 Å². The van der Waals surface area contributed by atoms with E-state index in [0.717, 1.165) is 38.5 Å². The molecule has 1 aromatic rings. The van der Waals surface area contributed by atoms with E-state index in [1.807, 2.05) is 18.0 Å². The first-order chi connectivity index (χ1) is 23.3. The standard InChI is InChI=1S/C36H54N6O5S/c1-3-4-5-6-7-8-9-10-11-12-13-14-15-16-17-18-19-20-21-22-32(43)38-24-26-40(2)27-28-41(36(45)46)29-34-47-33(30-48-34)42-25-23-31(37)39-35(42)44/h4-5,7-8,10-11,13-14,16-17,19-20,23,25,33-34H,3,6,9,12,15,18,21-22,24,26-30H2,1-2H3,(H,38,43)(H,45,46)(H2,37,39,44)/t33-,34+/m0/s1. The number of carbonyl (C=O) groups excluding carboxylic acids is 1. The van der Waals surface area contributed by atoms with E-state index < -0.39 is 23.4 Å². The molecule has 1 saturated heterocycles. The van der Waals surface area contributed by atoms with Crippen molar-refractivity contribution in [1.29, 1.82) is 0 Å². The van der Waals surface area contributed by atoms with E-state index in [4.69, 9.17) is 10.5 Å². The number of allylic oxidation sites excluding steroid dienone is 12. The number of nitrogens with two attached hydrogens (primary N) is 1. The fraction of sp³-hybridized carbons (Fsp3) is 0.500. The maximum atomic E-state index is 12.2. The summed E-state index contributed by atoms with van der Waals surface area (Å²) in [7, 11) is 1.89. The number of nitrogens with one attached hydrogen (secondary N) is 1. The quantitative estimate of drug-likeness (QED) is 0.120. The number of likely N-dealkylation sites (N-methyl/N-ethyl adjacent to an activating group) is 1. The topological polar surface area (TPSA) is 143 Å². The first kappa shape index (κ1) is 40.3. The maximum Gasteiger partial charge on any atom is 0.407 e. The van der Waals surface area contributed by atoms with Crippen LogP contribution in [0.2, 0.25) is 0 Å². The molecule has 12 heteroatoms. The molecular formula is C36H54N6O5S. The summed E-state index contributed by atoms with van der Waals surface area (Å²) in [4.78, 5) is 43.1. The molecule has 2 heterocycles. The monoisotopic (exact) mass is 682 g/mol. The Morgan fingerprint density at radius 3 is 2.12 bits per heavy atom. The molecule has 0 spiro atoms. The molecule has 264 valence electrons. The zero-order chi connectivity index (χ0) is 34.8. The molecular weight excluding hydrogens is 629 g/mol. The molecule has 1 aromatic heterocycles. The largest absolute Gasteiger partial charge is 0.465 e. The van der Waals surface area contributed by atoms with Gasteiger partial charge in [-0.1, -0.05) is 79.8 Å². The van der Waals surface area contributed by atoms with Gasteiger partial charge in [0.05, 0.1) is 6.54 Å². The number of amides is 2. The van der Waals surface area contributed by atoms with E-state index in [1.165, 1.54) is 33.5 Å². The highest BCUT2D eigenvalue weighted by Crippen LogP contribution is 2.31. The van der Waals surface area contributed by atoms with Crippen LogP contribution in [0.25, 0.3) is 0 Å². The van der Waals surface area contributed by atoms with Crippen molar-refractivity contribution in [2.45, 2.75) is 70.0 Å². The molecule has 0 aliphatic carbocycles. The first-order valence-electron chi connectivity index (χ1n) is 16.7. The third kappa shape index (κ3) is 18.5. The Morgan fingerprint density at radius 2 is 1.56 bits per heavy atom. The number of ether oxygens (including phenoxy) is 1. The normalized spacial score (nSPS) is 17.1. The molecule has 2 atom stereocenters. The molecule has 1 aliphatic rings. The third-order valence-corrected chi connectivity index (χ3v) is 8.35. The van der Waals surface area contributed by atoms with Gasteiger partial charge in [-0.05, 0) is 58.1 Å². The Labute approximate surface area is 290 Å². The lowest BCUT2D eigenvalue weighted by atomic mass is 10.2. The highest BCUT2D eigenvalue weighted by Gasteiger charge is 2.30. The fourth-order valence-corrected chi connectivity index (χ4v) is 5.62. The highest BCUT2D eigenvalue weighted by atomic mass is 32.2. The van der Waals surface area contributed by atoms with Gasteiger partial charge in [-0.3, -0.25) is 9.36 Å². The van der Waals surface area contributed by atoms with E-state index >= 15 is 0 Å². The number of hydrogen-bond acceptors (Lipinski definition) is 8. The Morgan fingerprint density at radius 1 is 0.979 bits per heavy atom. The molecule has 48 heavy (non-hydrogen) atoms. The average Bonchev–Trinajstić information content (AvgIpc) is 3.52. The SMILES string of the molecule is CCC=CCC=CCC=CCC=CCC=CCC=CCCC(=O)NCCN(C)CCN(C[C@@H]1O[C@H](n2ccc(N)nc2=O)CS1)C(=O)O. The number of rotatable bonds is 23. The second-order valence-corrected chi connectivity index (χ2v) is 12.4. The predicted octanol–water partition coefficient (Wildman–Crippen LogP) is 5.92. The van der Waals surface area contributed by atoms with Gasteiger partial charge in [-0.25, -0.2) is 9.59 Å². The average molecular weight is 683 g/mol. The number of hydrogen-bond donors (Lipinski definition) is 3. The van der Waals surface area contributed by atoms with E-state index in [9.17, 15) is 19.5 Å². The van der Waals surface area contributed by atoms with Crippen molar-refractivity contribution >= 4 is 29.6 Å². The summed E-state index contributed by atoms with van der Waals surface area (Å²) in [6, 6.07) is 1.53.